The number of hydrazone groups is 1. The Morgan fingerprint density at radius 1 is 1.08 bits per heavy atom. The molecule has 0 saturated carbocycles. The van der Waals surface area contributed by atoms with Crippen molar-refractivity contribution < 1.29 is 28.6 Å². The maximum absolute atomic E-state index is 13.1. The van der Waals surface area contributed by atoms with Crippen LogP contribution in [-0.2, 0) is 9.53 Å². The molecule has 0 unspecified atom stereocenters. The van der Waals surface area contributed by atoms with Crippen molar-refractivity contribution in [3.63, 3.8) is 0 Å². The zero-order valence-electron chi connectivity index (χ0n) is 20.1. The Kier molecular flexibility index (Phi) is 7.52. The van der Waals surface area contributed by atoms with Crippen molar-refractivity contribution in [1.82, 2.24) is 0 Å². The van der Waals surface area contributed by atoms with Crippen molar-refractivity contribution in [2.75, 3.05) is 11.6 Å². The Morgan fingerprint density at radius 2 is 1.78 bits per heavy atom. The maximum atomic E-state index is 13.1. The first-order valence-electron chi connectivity index (χ1n) is 11.3. The lowest BCUT2D eigenvalue weighted by Crippen LogP contribution is -2.21. The van der Waals surface area contributed by atoms with E-state index in [0.29, 0.717) is 22.8 Å². The van der Waals surface area contributed by atoms with E-state index in [2.05, 4.69) is 5.10 Å². The van der Waals surface area contributed by atoms with Gasteiger partial charge in [-0.25, -0.2) is 9.59 Å². The summed E-state index contributed by atoms with van der Waals surface area (Å²) in [5, 5.41) is 15.0. The number of anilines is 1. The summed E-state index contributed by atoms with van der Waals surface area (Å²) >= 11 is 12.1. The van der Waals surface area contributed by atoms with Crippen LogP contribution in [0.4, 0.5) is 5.69 Å². The number of carbonyl (C=O) groups excluding carboxylic acids is 2. The van der Waals surface area contributed by atoms with Gasteiger partial charge in [0.25, 0.3) is 5.91 Å². The van der Waals surface area contributed by atoms with Gasteiger partial charge in [0.2, 0.25) is 0 Å². The van der Waals surface area contributed by atoms with Gasteiger partial charge in [-0.3, -0.25) is 4.79 Å². The van der Waals surface area contributed by atoms with E-state index in [9.17, 15) is 19.5 Å². The molecule has 0 radical (unpaired) electrons. The second-order valence-corrected chi connectivity index (χ2v) is 9.53. The van der Waals surface area contributed by atoms with E-state index >= 15 is 0 Å². The number of esters is 1. The molecule has 37 heavy (non-hydrogen) atoms. The van der Waals surface area contributed by atoms with Crippen molar-refractivity contribution in [2.45, 2.75) is 20.8 Å². The largest absolute Gasteiger partial charge is 0.478 e. The van der Waals surface area contributed by atoms with Crippen LogP contribution in [-0.4, -0.2) is 35.3 Å². The van der Waals surface area contributed by atoms with E-state index in [1.807, 2.05) is 13.8 Å². The van der Waals surface area contributed by atoms with Gasteiger partial charge in [0, 0.05) is 5.56 Å². The number of halogens is 2. The number of furan rings is 1. The normalized spacial score (nSPS) is 14.4. The maximum Gasteiger partial charge on any atom is 0.339 e. The quantitative estimate of drug-likeness (QED) is 0.268. The van der Waals surface area contributed by atoms with E-state index in [1.165, 1.54) is 18.2 Å². The monoisotopic (exact) mass is 540 g/mol. The lowest BCUT2D eigenvalue weighted by Gasteiger charge is -2.12. The second-order valence-electron chi connectivity index (χ2n) is 8.72. The molecular weight excluding hydrogens is 519 g/mol. The Hall–Kier alpha value is -3.88. The van der Waals surface area contributed by atoms with Gasteiger partial charge in [-0.1, -0.05) is 37.0 Å². The molecule has 1 N–H and O–H groups in total. The summed E-state index contributed by atoms with van der Waals surface area (Å²) in [6, 6.07) is 12.5. The van der Waals surface area contributed by atoms with Crippen molar-refractivity contribution >= 4 is 58.5 Å². The Bertz CT molecular complexity index is 1470. The van der Waals surface area contributed by atoms with E-state index in [-0.39, 0.29) is 45.0 Å². The third-order valence-corrected chi connectivity index (χ3v) is 6.08. The molecule has 0 atom stereocenters. The van der Waals surface area contributed by atoms with Crippen molar-refractivity contribution in [1.29, 1.82) is 0 Å². The Balaban J connectivity index is 1.58. The fourth-order valence-electron chi connectivity index (χ4n) is 3.55. The predicted molar refractivity (Wildman–Crippen MR) is 141 cm³/mol. The first-order valence-corrected chi connectivity index (χ1v) is 12.0. The van der Waals surface area contributed by atoms with Crippen LogP contribution in [0, 0.1) is 5.92 Å². The molecule has 0 saturated heterocycles. The molecule has 1 aliphatic rings. The van der Waals surface area contributed by atoms with Gasteiger partial charge in [-0.2, -0.15) is 10.1 Å². The molecular formula is C27H22Cl2N2O6. The van der Waals surface area contributed by atoms with Gasteiger partial charge in [-0.05, 0) is 67.4 Å². The molecule has 4 rings (SSSR count). The number of amides is 1. The summed E-state index contributed by atoms with van der Waals surface area (Å²) in [6.45, 7) is 5.81. The van der Waals surface area contributed by atoms with E-state index < -0.39 is 17.8 Å². The molecule has 0 bridgehead atoms. The fourth-order valence-corrected chi connectivity index (χ4v) is 3.94. The summed E-state index contributed by atoms with van der Waals surface area (Å²) in [5.74, 6) is -1.15. The van der Waals surface area contributed by atoms with Crippen LogP contribution in [0.1, 0.15) is 47.2 Å². The predicted octanol–water partition coefficient (Wildman–Crippen LogP) is 6.57. The van der Waals surface area contributed by atoms with E-state index in [4.69, 9.17) is 32.4 Å². The molecule has 8 nitrogen and oxygen atoms in total. The third kappa shape index (κ3) is 5.60. The summed E-state index contributed by atoms with van der Waals surface area (Å²) in [4.78, 5) is 36.9. The minimum absolute atomic E-state index is 0.0565. The van der Waals surface area contributed by atoms with Gasteiger partial charge in [0.15, 0.2) is 0 Å². The molecule has 190 valence electrons. The average molecular weight is 541 g/mol. The molecule has 1 amide bonds. The number of aromatic carboxylic acids is 1. The van der Waals surface area contributed by atoms with Crippen LogP contribution in [0.3, 0.4) is 0 Å². The lowest BCUT2D eigenvalue weighted by molar-refractivity contribution is -0.114. The summed E-state index contributed by atoms with van der Waals surface area (Å²) in [5.41, 5.74) is 1.68. The highest BCUT2D eigenvalue weighted by Crippen LogP contribution is 2.31. The molecule has 10 heteroatoms. The number of carboxylic acid groups (broad SMARTS) is 1. The van der Waals surface area contributed by atoms with E-state index in [1.54, 1.807) is 43.3 Å². The number of hydrogen-bond donors (Lipinski definition) is 1. The number of hydrogen-bond acceptors (Lipinski definition) is 6. The highest BCUT2D eigenvalue weighted by atomic mass is 35.5. The first kappa shape index (κ1) is 26.2. The SMILES string of the molecule is CC1=NN(c2ccc(Cl)c(C(=O)O)c2)C(=O)/C1=C\c1ccc(-c2ccc(Cl)c(C(=O)OCC(C)C)c2)o1. The third-order valence-electron chi connectivity index (χ3n) is 5.42. The van der Waals surface area contributed by atoms with Crippen LogP contribution in [0.15, 0.2) is 63.6 Å². The molecule has 0 spiro atoms. The standard InChI is InChI=1S/C27H22Cl2N2O6/c1-14(2)13-36-27(35)21-10-16(4-7-23(21)29)24-9-6-18(37-24)12-19-15(3)30-31(25(19)32)17-5-8-22(28)20(11-17)26(33)34/h4-12,14H,13H2,1-3H3,(H,33,34)/b19-12-. The summed E-state index contributed by atoms with van der Waals surface area (Å²) < 4.78 is 11.2. The topological polar surface area (TPSA) is 109 Å². The van der Waals surface area contributed by atoms with Gasteiger partial charge in [0.1, 0.15) is 11.5 Å². The minimum atomic E-state index is -1.21. The minimum Gasteiger partial charge on any atom is -0.478 e. The first-order chi connectivity index (χ1) is 17.5. The molecule has 0 aliphatic carbocycles. The van der Waals surface area contributed by atoms with Gasteiger partial charge in [0.05, 0.1) is 44.8 Å². The number of ether oxygens (including phenoxy) is 1. The fraction of sp³-hybridized carbons (Fsp3) is 0.185. The molecule has 2 aromatic carbocycles. The van der Waals surface area contributed by atoms with Crippen molar-refractivity contribution in [3.8, 4) is 11.3 Å². The Labute approximate surface area is 222 Å². The van der Waals surface area contributed by atoms with Crippen molar-refractivity contribution in [2.24, 2.45) is 11.0 Å². The van der Waals surface area contributed by atoms with Crippen LogP contribution in [0.25, 0.3) is 17.4 Å². The number of carbonyl (C=O) groups is 3. The van der Waals surface area contributed by atoms with Crippen molar-refractivity contribution in [3.05, 3.63) is 81.0 Å². The zero-order valence-corrected chi connectivity index (χ0v) is 21.6. The molecule has 1 aliphatic heterocycles. The highest BCUT2D eigenvalue weighted by molar-refractivity contribution is 6.35. The van der Waals surface area contributed by atoms with Crippen LogP contribution in [0.2, 0.25) is 10.0 Å². The smallest absolute Gasteiger partial charge is 0.339 e. The van der Waals surface area contributed by atoms with Gasteiger partial charge >= 0.3 is 11.9 Å². The number of rotatable bonds is 7. The zero-order chi connectivity index (χ0) is 26.9. The molecule has 0 fully saturated rings. The molecule has 1 aromatic heterocycles. The summed E-state index contributed by atoms with van der Waals surface area (Å²) in [6.07, 6.45) is 1.55. The lowest BCUT2D eigenvalue weighted by atomic mass is 10.1. The molecule has 2 heterocycles. The molecule has 3 aromatic rings. The van der Waals surface area contributed by atoms with Gasteiger partial charge in [-0.15, -0.1) is 0 Å². The second kappa shape index (κ2) is 10.6. The summed E-state index contributed by atoms with van der Waals surface area (Å²) in [7, 11) is 0. The number of nitrogens with zero attached hydrogens (tertiary/aromatic N) is 2. The number of benzene rings is 2. The van der Waals surface area contributed by atoms with Crippen LogP contribution < -0.4 is 5.01 Å². The number of carboxylic acids is 1. The van der Waals surface area contributed by atoms with Crippen LogP contribution in [0.5, 0.6) is 0 Å². The average Bonchev–Trinajstić information content (AvgIpc) is 3.43. The van der Waals surface area contributed by atoms with E-state index in [0.717, 1.165) is 5.01 Å². The van der Waals surface area contributed by atoms with Gasteiger partial charge < -0.3 is 14.3 Å². The highest BCUT2D eigenvalue weighted by Gasteiger charge is 2.30. The Morgan fingerprint density at radius 3 is 2.49 bits per heavy atom. The van der Waals surface area contributed by atoms with Crippen LogP contribution >= 0.6 is 23.2 Å².